The fourth-order valence-electron chi connectivity index (χ4n) is 2.60. The summed E-state index contributed by atoms with van der Waals surface area (Å²) >= 11 is 0. The van der Waals surface area contributed by atoms with Crippen molar-refractivity contribution < 1.29 is 4.42 Å². The van der Waals surface area contributed by atoms with Crippen LogP contribution in [-0.2, 0) is 0 Å². The number of H-pyrrole nitrogens is 1. The highest BCUT2D eigenvalue weighted by atomic mass is 16.3. The molecule has 0 aliphatic carbocycles. The van der Waals surface area contributed by atoms with Crippen molar-refractivity contribution in [2.75, 3.05) is 0 Å². The zero-order chi connectivity index (χ0) is 15.3. The smallest absolute Gasteiger partial charge is 0.230 e. The van der Waals surface area contributed by atoms with Crippen molar-refractivity contribution in [3.05, 3.63) is 45.7 Å². The predicted molar refractivity (Wildman–Crippen MR) is 80.4 cm³/mol. The van der Waals surface area contributed by atoms with E-state index in [9.17, 15) is 4.79 Å². The lowest BCUT2D eigenvalue weighted by Gasteiger charge is -2.05. The number of aryl methyl sites for hydroxylation is 2. The Morgan fingerprint density at radius 2 is 2.00 bits per heavy atom. The molecule has 0 unspecified atom stereocenters. The highest BCUT2D eigenvalue weighted by Gasteiger charge is 2.13. The Kier molecular flexibility index (Phi) is 2.56. The minimum atomic E-state index is -0.110. The number of aromatic nitrogens is 5. The van der Waals surface area contributed by atoms with Gasteiger partial charge in [0.15, 0.2) is 0 Å². The zero-order valence-electron chi connectivity index (χ0n) is 11.9. The average molecular weight is 293 g/mol. The van der Waals surface area contributed by atoms with E-state index in [1.165, 1.54) is 0 Å². The molecular formula is C15H11N5O2. The first-order valence-corrected chi connectivity index (χ1v) is 6.71. The standard InChI is InChI=1S/C15H11N5O2/c1-7-3-8(2)13-10(4-7)12(21)11-5-9(6-16-15(11)22-13)14-17-19-20-18-14/h3-6H,1-2H3,(H,17,18,19,20). The maximum Gasteiger partial charge on any atom is 0.230 e. The maximum absolute atomic E-state index is 12.7. The molecule has 0 aliphatic rings. The number of hydrogen-bond acceptors (Lipinski definition) is 6. The molecule has 7 heteroatoms. The van der Waals surface area contributed by atoms with Crippen molar-refractivity contribution in [1.82, 2.24) is 25.6 Å². The van der Waals surface area contributed by atoms with Gasteiger partial charge in [-0.15, -0.1) is 10.2 Å². The van der Waals surface area contributed by atoms with E-state index in [0.717, 1.165) is 11.1 Å². The Hall–Kier alpha value is -3.09. The number of fused-ring (bicyclic) bond motifs is 2. The van der Waals surface area contributed by atoms with Crippen LogP contribution in [0.5, 0.6) is 0 Å². The van der Waals surface area contributed by atoms with Gasteiger partial charge in [-0.1, -0.05) is 6.07 Å². The summed E-state index contributed by atoms with van der Waals surface area (Å²) in [7, 11) is 0. The molecule has 0 amide bonds. The molecule has 3 aromatic heterocycles. The van der Waals surface area contributed by atoms with Crippen LogP contribution in [0.25, 0.3) is 33.5 Å². The minimum absolute atomic E-state index is 0.110. The fraction of sp³-hybridized carbons (Fsp3) is 0.133. The van der Waals surface area contributed by atoms with E-state index in [0.29, 0.717) is 33.5 Å². The van der Waals surface area contributed by atoms with Crippen LogP contribution in [0, 0.1) is 13.8 Å². The highest BCUT2D eigenvalue weighted by Crippen LogP contribution is 2.24. The first kappa shape index (κ1) is 12.6. The summed E-state index contributed by atoms with van der Waals surface area (Å²) in [6, 6.07) is 5.48. The summed E-state index contributed by atoms with van der Waals surface area (Å²) in [5.41, 5.74) is 3.30. The van der Waals surface area contributed by atoms with Crippen molar-refractivity contribution in [3.8, 4) is 11.4 Å². The number of aromatic amines is 1. The lowest BCUT2D eigenvalue weighted by molar-refractivity contribution is 0.642. The van der Waals surface area contributed by atoms with Crippen molar-refractivity contribution in [2.45, 2.75) is 13.8 Å². The van der Waals surface area contributed by atoms with Crippen LogP contribution >= 0.6 is 0 Å². The molecule has 0 saturated heterocycles. The topological polar surface area (TPSA) is 97.6 Å². The van der Waals surface area contributed by atoms with E-state index in [1.54, 1.807) is 12.3 Å². The van der Waals surface area contributed by atoms with E-state index < -0.39 is 0 Å². The molecular weight excluding hydrogens is 282 g/mol. The third-order valence-corrected chi connectivity index (χ3v) is 3.56. The monoisotopic (exact) mass is 293 g/mol. The third-order valence-electron chi connectivity index (χ3n) is 3.56. The van der Waals surface area contributed by atoms with Gasteiger partial charge in [0.25, 0.3) is 0 Å². The summed E-state index contributed by atoms with van der Waals surface area (Å²) in [4.78, 5) is 17.0. The Labute approximate surface area is 124 Å². The molecule has 0 atom stereocenters. The minimum Gasteiger partial charge on any atom is -0.437 e. The van der Waals surface area contributed by atoms with E-state index >= 15 is 0 Å². The van der Waals surface area contributed by atoms with Crippen molar-refractivity contribution in [1.29, 1.82) is 0 Å². The van der Waals surface area contributed by atoms with Gasteiger partial charge >= 0.3 is 0 Å². The molecule has 1 aromatic carbocycles. The van der Waals surface area contributed by atoms with Gasteiger partial charge < -0.3 is 4.42 Å². The Balaban J connectivity index is 2.11. The van der Waals surface area contributed by atoms with Gasteiger partial charge in [-0.25, -0.2) is 4.98 Å². The molecule has 0 radical (unpaired) electrons. The normalized spacial score (nSPS) is 11.4. The van der Waals surface area contributed by atoms with Crippen LogP contribution in [0.4, 0.5) is 0 Å². The van der Waals surface area contributed by atoms with Crippen LogP contribution in [0.3, 0.4) is 0 Å². The maximum atomic E-state index is 12.7. The van der Waals surface area contributed by atoms with Crippen LogP contribution < -0.4 is 5.43 Å². The van der Waals surface area contributed by atoms with Crippen LogP contribution in [0.15, 0.2) is 33.6 Å². The fourth-order valence-corrected chi connectivity index (χ4v) is 2.60. The van der Waals surface area contributed by atoms with Crippen LogP contribution in [0.1, 0.15) is 11.1 Å². The number of nitrogens with one attached hydrogen (secondary N) is 1. The summed E-state index contributed by atoms with van der Waals surface area (Å²) in [6.07, 6.45) is 1.56. The number of pyridine rings is 1. The molecule has 4 aromatic rings. The van der Waals surface area contributed by atoms with Gasteiger partial charge in [0.2, 0.25) is 17.0 Å². The van der Waals surface area contributed by atoms with Crippen molar-refractivity contribution in [3.63, 3.8) is 0 Å². The van der Waals surface area contributed by atoms with Gasteiger partial charge in [-0.2, -0.15) is 5.21 Å². The summed E-state index contributed by atoms with van der Waals surface area (Å²) in [6.45, 7) is 3.86. The second kappa shape index (κ2) is 4.45. The predicted octanol–water partition coefficient (Wildman–Crippen LogP) is 2.14. The van der Waals surface area contributed by atoms with E-state index in [2.05, 4.69) is 25.6 Å². The highest BCUT2D eigenvalue weighted by molar-refractivity contribution is 5.91. The van der Waals surface area contributed by atoms with Gasteiger partial charge in [0.05, 0.1) is 10.8 Å². The molecule has 0 fully saturated rings. The van der Waals surface area contributed by atoms with E-state index in [-0.39, 0.29) is 5.43 Å². The van der Waals surface area contributed by atoms with Gasteiger partial charge in [-0.3, -0.25) is 4.79 Å². The molecule has 22 heavy (non-hydrogen) atoms. The lowest BCUT2D eigenvalue weighted by atomic mass is 10.1. The van der Waals surface area contributed by atoms with Gasteiger partial charge in [0, 0.05) is 11.8 Å². The number of tetrazole rings is 1. The number of hydrogen-bond donors (Lipinski definition) is 1. The molecule has 0 saturated carbocycles. The van der Waals surface area contributed by atoms with Gasteiger partial charge in [0.1, 0.15) is 5.58 Å². The molecule has 0 aliphatic heterocycles. The Morgan fingerprint density at radius 3 is 2.77 bits per heavy atom. The first-order valence-electron chi connectivity index (χ1n) is 6.71. The number of nitrogens with zero attached hydrogens (tertiary/aromatic N) is 4. The summed E-state index contributed by atoms with van der Waals surface area (Å²) < 4.78 is 5.81. The first-order chi connectivity index (χ1) is 10.6. The van der Waals surface area contributed by atoms with Crippen LogP contribution in [-0.4, -0.2) is 25.6 Å². The molecule has 3 heterocycles. The lowest BCUT2D eigenvalue weighted by Crippen LogP contribution is -2.04. The van der Waals surface area contributed by atoms with Crippen LogP contribution in [0.2, 0.25) is 0 Å². The second-order valence-electron chi connectivity index (χ2n) is 5.20. The van der Waals surface area contributed by atoms with E-state index in [1.807, 2.05) is 26.0 Å². The SMILES string of the molecule is Cc1cc(C)c2oc3ncc(-c4nn[nH]n4)cc3c(=O)c2c1. The quantitative estimate of drug-likeness (QED) is 0.540. The molecule has 1 N–H and O–H groups in total. The molecule has 0 bridgehead atoms. The second-order valence-corrected chi connectivity index (χ2v) is 5.20. The van der Waals surface area contributed by atoms with Crippen molar-refractivity contribution >= 4 is 22.1 Å². The number of benzene rings is 1. The van der Waals surface area contributed by atoms with Gasteiger partial charge in [-0.05, 0) is 42.3 Å². The van der Waals surface area contributed by atoms with Crippen molar-refractivity contribution in [2.24, 2.45) is 0 Å². The molecule has 4 rings (SSSR count). The molecule has 108 valence electrons. The number of rotatable bonds is 1. The molecule has 0 spiro atoms. The largest absolute Gasteiger partial charge is 0.437 e. The molecule has 7 nitrogen and oxygen atoms in total. The Morgan fingerprint density at radius 1 is 1.14 bits per heavy atom. The Bertz CT molecular complexity index is 1070. The zero-order valence-corrected chi connectivity index (χ0v) is 11.9. The third kappa shape index (κ3) is 1.79. The summed E-state index contributed by atoms with van der Waals surface area (Å²) in [5.74, 6) is 0.384. The van der Waals surface area contributed by atoms with E-state index in [4.69, 9.17) is 4.42 Å². The average Bonchev–Trinajstić information content (AvgIpc) is 3.03. The summed E-state index contributed by atoms with van der Waals surface area (Å²) in [5, 5.41) is 14.6.